The first-order chi connectivity index (χ1) is 16.5. The molecule has 12 heteroatoms. The number of aryl methyl sites for hydroxylation is 1. The Labute approximate surface area is 206 Å². The lowest BCUT2D eigenvalue weighted by Gasteiger charge is -2.23. The SMILES string of the molecule is CCCCc1ccc(N(C(=O)c2cc([N+](=O)[O-])cc([N+](=O)[O-])c2)S(=O)(=O)c2ccc(Cl)cc2)cc1. The molecule has 0 bridgehead atoms. The first-order valence-electron chi connectivity index (χ1n) is 10.4. The molecule has 1 amide bonds. The van der Waals surface area contributed by atoms with Crippen LogP contribution in [-0.2, 0) is 16.4 Å². The lowest BCUT2D eigenvalue weighted by Crippen LogP contribution is -2.37. The summed E-state index contributed by atoms with van der Waals surface area (Å²) in [5, 5.41) is 22.9. The normalized spacial score (nSPS) is 11.1. The third kappa shape index (κ3) is 5.81. The van der Waals surface area contributed by atoms with E-state index in [1.807, 2.05) is 6.92 Å². The average Bonchev–Trinajstić information content (AvgIpc) is 2.83. The Hall–Kier alpha value is -3.83. The van der Waals surface area contributed by atoms with E-state index in [-0.39, 0.29) is 15.6 Å². The highest BCUT2D eigenvalue weighted by Crippen LogP contribution is 2.30. The standard InChI is InChI=1S/C23H20ClN3O7S/c1-2-3-4-16-5-9-19(10-6-16)25(35(33,34)22-11-7-18(24)8-12-22)23(28)17-13-20(26(29)30)15-21(14-17)27(31)32/h5-15H,2-4H2,1H3. The van der Waals surface area contributed by atoms with Crippen molar-refractivity contribution in [3.8, 4) is 0 Å². The van der Waals surface area contributed by atoms with Gasteiger partial charge in [0.25, 0.3) is 27.3 Å². The number of nitro benzene ring substituents is 2. The van der Waals surface area contributed by atoms with E-state index in [0.29, 0.717) is 10.4 Å². The van der Waals surface area contributed by atoms with Crippen molar-refractivity contribution in [1.29, 1.82) is 0 Å². The van der Waals surface area contributed by atoms with Crippen molar-refractivity contribution in [1.82, 2.24) is 0 Å². The maximum atomic E-state index is 13.5. The molecule has 10 nitrogen and oxygen atoms in total. The number of amides is 1. The van der Waals surface area contributed by atoms with Gasteiger partial charge in [-0.1, -0.05) is 37.1 Å². The number of unbranched alkanes of at least 4 members (excludes halogenated alkanes) is 1. The number of nitrogens with zero attached hydrogens (tertiary/aromatic N) is 3. The number of hydrogen-bond acceptors (Lipinski definition) is 7. The van der Waals surface area contributed by atoms with Crippen molar-refractivity contribution in [3.05, 3.63) is 103 Å². The maximum Gasteiger partial charge on any atom is 0.277 e. The summed E-state index contributed by atoms with van der Waals surface area (Å²) in [7, 11) is -4.53. The van der Waals surface area contributed by atoms with E-state index in [2.05, 4.69) is 0 Å². The number of hydrogen-bond donors (Lipinski definition) is 0. The topological polar surface area (TPSA) is 141 Å². The van der Waals surface area contributed by atoms with Gasteiger partial charge >= 0.3 is 0 Å². The number of carbonyl (C=O) groups excluding carboxylic acids is 1. The van der Waals surface area contributed by atoms with Gasteiger partial charge in [-0.25, -0.2) is 8.42 Å². The quantitative estimate of drug-likeness (QED) is 0.268. The number of halogens is 1. The van der Waals surface area contributed by atoms with Gasteiger partial charge in [0.05, 0.1) is 32.1 Å². The van der Waals surface area contributed by atoms with E-state index in [9.17, 15) is 33.4 Å². The zero-order valence-electron chi connectivity index (χ0n) is 18.5. The molecule has 3 aromatic carbocycles. The molecule has 182 valence electrons. The van der Waals surface area contributed by atoms with Crippen LogP contribution in [0.1, 0.15) is 35.7 Å². The number of nitro groups is 2. The molecule has 0 aliphatic heterocycles. The highest BCUT2D eigenvalue weighted by molar-refractivity contribution is 7.93. The molecule has 3 aromatic rings. The largest absolute Gasteiger partial charge is 0.277 e. The Bertz CT molecular complexity index is 1340. The van der Waals surface area contributed by atoms with E-state index in [4.69, 9.17) is 11.6 Å². The molecule has 0 saturated carbocycles. The molecule has 0 spiro atoms. The number of anilines is 1. The molecule has 0 atom stereocenters. The second-order valence-corrected chi connectivity index (χ2v) is 9.77. The van der Waals surface area contributed by atoms with Crippen LogP contribution in [0, 0.1) is 20.2 Å². The van der Waals surface area contributed by atoms with Gasteiger partial charge in [0, 0.05) is 17.2 Å². The Morgan fingerprint density at radius 3 is 1.94 bits per heavy atom. The smallest absolute Gasteiger partial charge is 0.268 e. The summed E-state index contributed by atoms with van der Waals surface area (Å²) >= 11 is 5.87. The summed E-state index contributed by atoms with van der Waals surface area (Å²) in [4.78, 5) is 34.0. The van der Waals surface area contributed by atoms with Crippen LogP contribution in [0.5, 0.6) is 0 Å². The van der Waals surface area contributed by atoms with Crippen LogP contribution >= 0.6 is 11.6 Å². The van der Waals surface area contributed by atoms with Crippen LogP contribution in [0.3, 0.4) is 0 Å². The minimum Gasteiger partial charge on any atom is -0.268 e. The van der Waals surface area contributed by atoms with Gasteiger partial charge in [-0.05, 0) is 54.8 Å². The Morgan fingerprint density at radius 1 is 0.914 bits per heavy atom. The predicted octanol–water partition coefficient (Wildman–Crippen LogP) is 5.53. The molecule has 0 unspecified atom stereocenters. The van der Waals surface area contributed by atoms with Gasteiger partial charge < -0.3 is 0 Å². The number of non-ortho nitro benzene ring substituents is 2. The minimum absolute atomic E-state index is 0.0284. The van der Waals surface area contributed by atoms with Crippen LogP contribution in [0.2, 0.25) is 5.02 Å². The first-order valence-corrected chi connectivity index (χ1v) is 12.2. The summed E-state index contributed by atoms with van der Waals surface area (Å²) in [6.07, 6.45) is 2.64. The van der Waals surface area contributed by atoms with E-state index in [1.165, 1.54) is 36.4 Å². The Balaban J connectivity index is 2.18. The molecule has 0 N–H and O–H groups in total. The van der Waals surface area contributed by atoms with Gasteiger partial charge in [0.1, 0.15) is 0 Å². The van der Waals surface area contributed by atoms with Crippen molar-refractivity contribution >= 4 is 44.6 Å². The minimum atomic E-state index is -4.53. The fourth-order valence-corrected chi connectivity index (χ4v) is 4.84. The van der Waals surface area contributed by atoms with Crippen LogP contribution in [0.4, 0.5) is 17.1 Å². The van der Waals surface area contributed by atoms with Gasteiger partial charge in [-0.15, -0.1) is 0 Å². The zero-order chi connectivity index (χ0) is 25.8. The molecule has 0 heterocycles. The van der Waals surface area contributed by atoms with Crippen molar-refractivity contribution in [2.24, 2.45) is 0 Å². The third-order valence-electron chi connectivity index (χ3n) is 5.10. The van der Waals surface area contributed by atoms with E-state index < -0.39 is 42.7 Å². The van der Waals surface area contributed by atoms with Crippen LogP contribution in [0.25, 0.3) is 0 Å². The second-order valence-electron chi connectivity index (χ2n) is 7.55. The number of carbonyl (C=O) groups is 1. The van der Waals surface area contributed by atoms with Gasteiger partial charge in [-0.3, -0.25) is 25.0 Å². The Kier molecular flexibility index (Phi) is 7.82. The van der Waals surface area contributed by atoms with Crippen molar-refractivity contribution in [3.63, 3.8) is 0 Å². The molecular weight excluding hydrogens is 498 g/mol. The van der Waals surface area contributed by atoms with Crippen LogP contribution in [0.15, 0.2) is 71.6 Å². The van der Waals surface area contributed by atoms with Gasteiger partial charge in [0.2, 0.25) is 0 Å². The molecule has 0 aliphatic rings. The highest BCUT2D eigenvalue weighted by Gasteiger charge is 2.33. The summed E-state index contributed by atoms with van der Waals surface area (Å²) in [5.74, 6) is -1.19. The number of sulfonamides is 1. The first kappa shape index (κ1) is 25.8. The van der Waals surface area contributed by atoms with Gasteiger partial charge in [-0.2, -0.15) is 4.31 Å². The lowest BCUT2D eigenvalue weighted by atomic mass is 10.1. The fraction of sp³-hybridized carbons (Fsp3) is 0.174. The third-order valence-corrected chi connectivity index (χ3v) is 7.07. The predicted molar refractivity (Wildman–Crippen MR) is 130 cm³/mol. The molecule has 0 fully saturated rings. The molecule has 0 aromatic heterocycles. The zero-order valence-corrected chi connectivity index (χ0v) is 20.0. The fourth-order valence-electron chi connectivity index (χ4n) is 3.30. The molecule has 35 heavy (non-hydrogen) atoms. The maximum absolute atomic E-state index is 13.5. The summed E-state index contributed by atoms with van der Waals surface area (Å²) in [5.41, 5.74) is -1.07. The van der Waals surface area contributed by atoms with E-state index in [0.717, 1.165) is 37.0 Å². The number of rotatable bonds is 9. The van der Waals surface area contributed by atoms with Crippen LogP contribution < -0.4 is 4.31 Å². The summed E-state index contributed by atoms with van der Waals surface area (Å²) < 4.78 is 27.6. The number of benzene rings is 3. The van der Waals surface area contributed by atoms with Crippen LogP contribution in [-0.4, -0.2) is 24.2 Å². The van der Waals surface area contributed by atoms with Crippen molar-refractivity contribution in [2.45, 2.75) is 31.1 Å². The summed E-state index contributed by atoms with van der Waals surface area (Å²) in [6.45, 7) is 2.03. The molecular formula is C23H20ClN3O7S. The Morgan fingerprint density at radius 2 is 1.46 bits per heavy atom. The molecule has 0 aliphatic carbocycles. The monoisotopic (exact) mass is 517 g/mol. The molecule has 0 saturated heterocycles. The van der Waals surface area contributed by atoms with Crippen molar-refractivity contribution in [2.75, 3.05) is 4.31 Å². The molecule has 0 radical (unpaired) electrons. The van der Waals surface area contributed by atoms with Gasteiger partial charge in [0.15, 0.2) is 0 Å². The second kappa shape index (κ2) is 10.6. The summed E-state index contributed by atoms with van der Waals surface area (Å²) in [6, 6.07) is 13.6. The van der Waals surface area contributed by atoms with E-state index >= 15 is 0 Å². The molecule has 3 rings (SSSR count). The lowest BCUT2D eigenvalue weighted by molar-refractivity contribution is -0.394. The average molecular weight is 518 g/mol. The van der Waals surface area contributed by atoms with E-state index in [1.54, 1.807) is 12.1 Å². The van der Waals surface area contributed by atoms with Crippen molar-refractivity contribution < 1.29 is 23.1 Å². The highest BCUT2D eigenvalue weighted by atomic mass is 35.5.